The maximum absolute atomic E-state index is 13.8. The second kappa shape index (κ2) is 4.40. The summed E-state index contributed by atoms with van der Waals surface area (Å²) in [6.07, 6.45) is 2.34. The van der Waals surface area contributed by atoms with Gasteiger partial charge >= 0.3 is 0 Å². The topological polar surface area (TPSA) is 3.24 Å². The lowest BCUT2D eigenvalue weighted by Crippen LogP contribution is -2.27. The van der Waals surface area contributed by atoms with Gasteiger partial charge in [0, 0.05) is 18.5 Å². The number of para-hydroxylation sites is 1. The zero-order valence-electron chi connectivity index (χ0n) is 8.84. The van der Waals surface area contributed by atoms with E-state index in [1.54, 1.807) is 6.07 Å². The van der Waals surface area contributed by atoms with Crippen molar-refractivity contribution >= 4 is 17.3 Å². The largest absolute Gasteiger partial charge is 0.366 e. The lowest BCUT2D eigenvalue weighted by Gasteiger charge is -2.25. The minimum absolute atomic E-state index is 0.151. The van der Waals surface area contributed by atoms with Gasteiger partial charge in [-0.05, 0) is 31.4 Å². The van der Waals surface area contributed by atoms with Crippen molar-refractivity contribution in [3.05, 3.63) is 29.6 Å². The van der Waals surface area contributed by atoms with Gasteiger partial charge in [-0.25, -0.2) is 4.39 Å². The molecule has 1 aliphatic rings. The summed E-state index contributed by atoms with van der Waals surface area (Å²) in [6.45, 7) is 2.90. The molecule has 82 valence electrons. The molecular formula is C12H15ClFN. The summed E-state index contributed by atoms with van der Waals surface area (Å²) in [7, 11) is 0. The Labute approximate surface area is 94.8 Å². The smallest absolute Gasteiger partial charge is 0.146 e. The molecule has 0 atom stereocenters. The van der Waals surface area contributed by atoms with Gasteiger partial charge in [0.2, 0.25) is 0 Å². The fourth-order valence-electron chi connectivity index (χ4n) is 1.97. The number of benzene rings is 1. The molecule has 1 aromatic rings. The number of anilines is 1. The molecule has 1 aromatic carbocycles. The van der Waals surface area contributed by atoms with Crippen LogP contribution in [-0.2, 0) is 5.88 Å². The molecule has 1 fully saturated rings. The van der Waals surface area contributed by atoms with Gasteiger partial charge in [-0.15, -0.1) is 11.6 Å². The first kappa shape index (κ1) is 10.7. The van der Waals surface area contributed by atoms with Crippen LogP contribution in [0.1, 0.15) is 25.3 Å². The van der Waals surface area contributed by atoms with E-state index in [4.69, 9.17) is 11.6 Å². The monoisotopic (exact) mass is 227 g/mol. The number of halogens is 2. The summed E-state index contributed by atoms with van der Waals surface area (Å²) in [5.41, 5.74) is 1.60. The van der Waals surface area contributed by atoms with Crippen LogP contribution in [0.15, 0.2) is 18.2 Å². The van der Waals surface area contributed by atoms with E-state index in [9.17, 15) is 4.39 Å². The molecule has 0 unspecified atom stereocenters. The maximum atomic E-state index is 13.8. The summed E-state index contributed by atoms with van der Waals surface area (Å²) in [4.78, 5) is 2.13. The third-order valence-electron chi connectivity index (χ3n) is 2.83. The molecule has 0 spiro atoms. The van der Waals surface area contributed by atoms with Crippen LogP contribution in [0.4, 0.5) is 10.1 Å². The average Bonchev–Trinajstić information content (AvgIpc) is 3.05. The number of hydrogen-bond acceptors (Lipinski definition) is 1. The van der Waals surface area contributed by atoms with Crippen molar-refractivity contribution in [1.29, 1.82) is 0 Å². The lowest BCUT2D eigenvalue weighted by molar-refractivity contribution is 0.615. The highest BCUT2D eigenvalue weighted by molar-refractivity contribution is 6.17. The normalized spacial score (nSPS) is 15.4. The van der Waals surface area contributed by atoms with Crippen LogP contribution in [0.25, 0.3) is 0 Å². The van der Waals surface area contributed by atoms with E-state index in [-0.39, 0.29) is 5.82 Å². The van der Waals surface area contributed by atoms with Crippen molar-refractivity contribution in [1.82, 2.24) is 0 Å². The van der Waals surface area contributed by atoms with E-state index in [1.807, 2.05) is 6.07 Å². The van der Waals surface area contributed by atoms with Crippen LogP contribution < -0.4 is 4.90 Å². The second-order valence-corrected chi connectivity index (χ2v) is 4.17. The Morgan fingerprint density at radius 2 is 2.20 bits per heavy atom. The van der Waals surface area contributed by atoms with Crippen molar-refractivity contribution in [3.63, 3.8) is 0 Å². The van der Waals surface area contributed by atoms with Crippen LogP contribution in [0.3, 0.4) is 0 Å². The standard InChI is InChI=1S/C12H15ClFN/c1-2-15(10-6-7-10)12-9(8-13)4-3-5-11(12)14/h3-5,10H,2,6-8H2,1H3. The summed E-state index contributed by atoms with van der Waals surface area (Å²) in [6, 6.07) is 5.65. The van der Waals surface area contributed by atoms with Gasteiger partial charge < -0.3 is 4.90 Å². The predicted octanol–water partition coefficient (Wildman–Crippen LogP) is 3.55. The number of hydrogen-bond donors (Lipinski definition) is 0. The summed E-state index contributed by atoms with van der Waals surface area (Å²) >= 11 is 5.84. The Bertz CT molecular complexity index is 349. The molecule has 0 N–H and O–H groups in total. The number of nitrogens with zero attached hydrogens (tertiary/aromatic N) is 1. The van der Waals surface area contributed by atoms with Gasteiger partial charge in [0.15, 0.2) is 0 Å². The van der Waals surface area contributed by atoms with Gasteiger partial charge in [-0.2, -0.15) is 0 Å². The molecule has 15 heavy (non-hydrogen) atoms. The highest BCUT2D eigenvalue weighted by atomic mass is 35.5. The molecule has 2 rings (SSSR count). The van der Waals surface area contributed by atoms with E-state index in [1.165, 1.54) is 18.9 Å². The van der Waals surface area contributed by atoms with Crippen molar-refractivity contribution in [3.8, 4) is 0 Å². The quantitative estimate of drug-likeness (QED) is 0.711. The van der Waals surface area contributed by atoms with Crippen LogP contribution in [-0.4, -0.2) is 12.6 Å². The number of alkyl halides is 1. The molecule has 3 heteroatoms. The van der Waals surface area contributed by atoms with Crippen molar-refractivity contribution < 1.29 is 4.39 Å². The van der Waals surface area contributed by atoms with Crippen LogP contribution >= 0.6 is 11.6 Å². The van der Waals surface area contributed by atoms with Gasteiger partial charge in [-0.1, -0.05) is 12.1 Å². The first-order valence-corrected chi connectivity index (χ1v) is 5.91. The average molecular weight is 228 g/mol. The molecule has 0 heterocycles. The van der Waals surface area contributed by atoms with Gasteiger partial charge in [0.25, 0.3) is 0 Å². The summed E-state index contributed by atoms with van der Waals surface area (Å²) in [5, 5.41) is 0. The Morgan fingerprint density at radius 3 is 2.73 bits per heavy atom. The molecule has 0 amide bonds. The number of rotatable bonds is 4. The molecule has 0 bridgehead atoms. The van der Waals surface area contributed by atoms with E-state index in [0.29, 0.717) is 17.6 Å². The van der Waals surface area contributed by atoms with Crippen molar-refractivity contribution in [2.45, 2.75) is 31.7 Å². The molecule has 0 aromatic heterocycles. The fraction of sp³-hybridized carbons (Fsp3) is 0.500. The van der Waals surface area contributed by atoms with Crippen molar-refractivity contribution in [2.24, 2.45) is 0 Å². The Kier molecular flexibility index (Phi) is 3.15. The van der Waals surface area contributed by atoms with Gasteiger partial charge in [-0.3, -0.25) is 0 Å². The predicted molar refractivity (Wildman–Crippen MR) is 62.0 cm³/mol. The summed E-state index contributed by atoms with van der Waals surface area (Å²) < 4.78 is 13.8. The zero-order valence-corrected chi connectivity index (χ0v) is 9.60. The molecule has 1 aliphatic carbocycles. The van der Waals surface area contributed by atoms with E-state index in [2.05, 4.69) is 11.8 Å². The third-order valence-corrected chi connectivity index (χ3v) is 3.12. The van der Waals surface area contributed by atoms with Gasteiger partial charge in [0.05, 0.1) is 5.69 Å². The van der Waals surface area contributed by atoms with E-state index < -0.39 is 0 Å². The minimum Gasteiger partial charge on any atom is -0.366 e. The van der Waals surface area contributed by atoms with Crippen molar-refractivity contribution in [2.75, 3.05) is 11.4 Å². The Morgan fingerprint density at radius 1 is 1.47 bits per heavy atom. The molecule has 0 saturated heterocycles. The first-order chi connectivity index (χ1) is 7.27. The fourth-order valence-corrected chi connectivity index (χ4v) is 2.19. The summed E-state index contributed by atoms with van der Waals surface area (Å²) in [5.74, 6) is 0.220. The molecule has 1 saturated carbocycles. The zero-order chi connectivity index (χ0) is 10.8. The molecule has 1 nitrogen and oxygen atoms in total. The Balaban J connectivity index is 2.38. The van der Waals surface area contributed by atoms with Crippen LogP contribution in [0.2, 0.25) is 0 Å². The minimum atomic E-state index is -0.151. The SMILES string of the molecule is CCN(c1c(F)cccc1CCl)C1CC1. The van der Waals surface area contributed by atoms with E-state index >= 15 is 0 Å². The Hall–Kier alpha value is -0.760. The van der Waals surface area contributed by atoms with E-state index in [0.717, 1.165) is 12.1 Å². The molecule has 0 aliphatic heterocycles. The third kappa shape index (κ3) is 2.10. The highest BCUT2D eigenvalue weighted by Gasteiger charge is 2.30. The molecular weight excluding hydrogens is 213 g/mol. The highest BCUT2D eigenvalue weighted by Crippen LogP contribution is 2.35. The first-order valence-electron chi connectivity index (χ1n) is 5.38. The molecule has 0 radical (unpaired) electrons. The van der Waals surface area contributed by atoms with Crippen LogP contribution in [0, 0.1) is 5.82 Å². The van der Waals surface area contributed by atoms with Gasteiger partial charge in [0.1, 0.15) is 5.82 Å². The maximum Gasteiger partial charge on any atom is 0.146 e. The lowest BCUT2D eigenvalue weighted by atomic mass is 10.1. The second-order valence-electron chi connectivity index (χ2n) is 3.90. The van der Waals surface area contributed by atoms with Crippen LogP contribution in [0.5, 0.6) is 0 Å².